The molecule has 1 saturated heterocycles. The van der Waals surface area contributed by atoms with E-state index < -0.39 is 0 Å². The normalized spacial score (nSPS) is 19.5. The number of rotatable bonds is 3. The molecule has 1 N–H and O–H groups in total. The number of amides is 1. The summed E-state index contributed by atoms with van der Waals surface area (Å²) < 4.78 is 1.12. The van der Waals surface area contributed by atoms with Crippen LogP contribution in [0.2, 0.25) is 0 Å². The first-order valence-corrected chi connectivity index (χ1v) is 7.62. The summed E-state index contributed by atoms with van der Waals surface area (Å²) in [7, 11) is 0. The molecule has 19 heavy (non-hydrogen) atoms. The Kier molecular flexibility index (Phi) is 4.99. The number of hydrogen-bond acceptors (Lipinski definition) is 2. The maximum Gasteiger partial charge on any atom is 0.223 e. The predicted molar refractivity (Wildman–Crippen MR) is 81.2 cm³/mol. The van der Waals surface area contributed by atoms with Crippen LogP contribution in [-0.4, -0.2) is 36.5 Å². The van der Waals surface area contributed by atoms with Crippen molar-refractivity contribution in [2.45, 2.75) is 32.7 Å². The average molecular weight is 325 g/mol. The lowest BCUT2D eigenvalue weighted by Crippen LogP contribution is -2.52. The van der Waals surface area contributed by atoms with Gasteiger partial charge in [0, 0.05) is 36.6 Å². The van der Waals surface area contributed by atoms with Gasteiger partial charge in [-0.05, 0) is 37.5 Å². The van der Waals surface area contributed by atoms with E-state index in [1.54, 1.807) is 0 Å². The van der Waals surface area contributed by atoms with E-state index in [9.17, 15) is 4.79 Å². The first-order chi connectivity index (χ1) is 9.08. The maximum absolute atomic E-state index is 12.2. The van der Waals surface area contributed by atoms with Crippen LogP contribution in [0.3, 0.4) is 0 Å². The fourth-order valence-electron chi connectivity index (χ4n) is 2.47. The molecule has 0 unspecified atom stereocenters. The zero-order valence-electron chi connectivity index (χ0n) is 11.6. The maximum atomic E-state index is 12.2. The first-order valence-electron chi connectivity index (χ1n) is 6.83. The van der Waals surface area contributed by atoms with E-state index in [2.05, 4.69) is 53.3 Å². The van der Waals surface area contributed by atoms with E-state index in [0.29, 0.717) is 12.5 Å². The highest BCUT2D eigenvalue weighted by atomic mass is 79.9. The number of piperazine rings is 1. The summed E-state index contributed by atoms with van der Waals surface area (Å²) in [6.45, 7) is 6.83. The molecule has 1 aliphatic rings. The zero-order chi connectivity index (χ0) is 13.8. The lowest BCUT2D eigenvalue weighted by molar-refractivity contribution is -0.133. The topological polar surface area (TPSA) is 32.3 Å². The van der Waals surface area contributed by atoms with Crippen LogP contribution < -0.4 is 5.32 Å². The molecule has 1 aromatic rings. The van der Waals surface area contributed by atoms with Gasteiger partial charge >= 0.3 is 0 Å². The van der Waals surface area contributed by atoms with Gasteiger partial charge in [0.1, 0.15) is 0 Å². The smallest absolute Gasteiger partial charge is 0.223 e. The number of nitrogens with zero attached hydrogens (tertiary/aromatic N) is 1. The lowest BCUT2D eigenvalue weighted by Gasteiger charge is -2.34. The third-order valence-corrected chi connectivity index (χ3v) is 4.56. The molecule has 0 aromatic heterocycles. The van der Waals surface area contributed by atoms with Gasteiger partial charge in [-0.25, -0.2) is 0 Å². The molecule has 1 fully saturated rings. The molecule has 4 heteroatoms. The Morgan fingerprint density at radius 1 is 1.53 bits per heavy atom. The van der Waals surface area contributed by atoms with Crippen LogP contribution in [0, 0.1) is 6.92 Å². The molecule has 1 heterocycles. The van der Waals surface area contributed by atoms with Gasteiger partial charge in [-0.15, -0.1) is 0 Å². The minimum atomic E-state index is 0.273. The molecule has 2 rings (SSSR count). The molecule has 1 amide bonds. The van der Waals surface area contributed by atoms with Crippen molar-refractivity contribution in [2.75, 3.05) is 19.6 Å². The third kappa shape index (κ3) is 3.80. The number of carbonyl (C=O) groups excluding carboxylic acids is 1. The van der Waals surface area contributed by atoms with E-state index in [0.717, 1.165) is 30.5 Å². The van der Waals surface area contributed by atoms with Crippen molar-refractivity contribution in [2.24, 2.45) is 0 Å². The molecule has 1 aromatic carbocycles. The molecule has 1 atom stereocenters. The van der Waals surface area contributed by atoms with Crippen LogP contribution in [0.25, 0.3) is 0 Å². The summed E-state index contributed by atoms with van der Waals surface area (Å²) in [6, 6.07) is 6.61. The molecule has 0 saturated carbocycles. The summed E-state index contributed by atoms with van der Waals surface area (Å²) >= 11 is 3.50. The van der Waals surface area contributed by atoms with Crippen LogP contribution in [0.1, 0.15) is 24.5 Å². The van der Waals surface area contributed by atoms with Crippen LogP contribution in [-0.2, 0) is 11.2 Å². The van der Waals surface area contributed by atoms with Gasteiger partial charge in [0.25, 0.3) is 0 Å². The van der Waals surface area contributed by atoms with Crippen molar-refractivity contribution in [3.63, 3.8) is 0 Å². The second-order valence-corrected chi connectivity index (χ2v) is 6.08. The van der Waals surface area contributed by atoms with E-state index in [1.165, 1.54) is 11.1 Å². The quantitative estimate of drug-likeness (QED) is 0.926. The number of benzene rings is 1. The number of halogens is 1. The molecular weight excluding hydrogens is 304 g/mol. The predicted octanol–water partition coefficient (Wildman–Crippen LogP) is 2.51. The highest BCUT2D eigenvalue weighted by Gasteiger charge is 2.22. The molecular formula is C15H21BrN2O. The standard InChI is InChI=1S/C15H21BrN2O/c1-11-9-13(3-5-14(11)16)4-6-15(19)18-8-7-17-10-12(18)2/h3,5,9,12,17H,4,6-8,10H2,1-2H3/t12-/m1/s1. The molecule has 1 aliphatic heterocycles. The Labute approximate surface area is 123 Å². The van der Waals surface area contributed by atoms with E-state index in [1.807, 2.05) is 4.90 Å². The van der Waals surface area contributed by atoms with Gasteiger partial charge in [0.05, 0.1) is 0 Å². The summed E-state index contributed by atoms with van der Waals surface area (Å²) in [5.74, 6) is 0.273. The number of nitrogens with one attached hydrogen (secondary N) is 1. The molecule has 3 nitrogen and oxygen atoms in total. The van der Waals surface area contributed by atoms with E-state index in [4.69, 9.17) is 0 Å². The molecule has 0 radical (unpaired) electrons. The summed E-state index contributed by atoms with van der Waals surface area (Å²) in [5, 5.41) is 3.31. The minimum Gasteiger partial charge on any atom is -0.337 e. The van der Waals surface area contributed by atoms with Crippen LogP contribution in [0.15, 0.2) is 22.7 Å². The number of hydrogen-bond donors (Lipinski definition) is 1. The monoisotopic (exact) mass is 324 g/mol. The van der Waals surface area contributed by atoms with Gasteiger partial charge in [-0.3, -0.25) is 4.79 Å². The Morgan fingerprint density at radius 2 is 2.32 bits per heavy atom. The van der Waals surface area contributed by atoms with Gasteiger partial charge in [0.15, 0.2) is 0 Å². The van der Waals surface area contributed by atoms with Crippen LogP contribution in [0.5, 0.6) is 0 Å². The van der Waals surface area contributed by atoms with Crippen molar-refractivity contribution < 1.29 is 4.79 Å². The minimum absolute atomic E-state index is 0.273. The van der Waals surface area contributed by atoms with Gasteiger partial charge < -0.3 is 10.2 Å². The van der Waals surface area contributed by atoms with Crippen LogP contribution in [0.4, 0.5) is 0 Å². The second kappa shape index (κ2) is 6.53. The fourth-order valence-corrected chi connectivity index (χ4v) is 2.72. The van der Waals surface area contributed by atoms with Gasteiger partial charge in [-0.2, -0.15) is 0 Å². The van der Waals surface area contributed by atoms with Gasteiger partial charge in [-0.1, -0.05) is 28.1 Å². The highest BCUT2D eigenvalue weighted by Crippen LogP contribution is 2.18. The Morgan fingerprint density at radius 3 is 3.00 bits per heavy atom. The largest absolute Gasteiger partial charge is 0.337 e. The molecule has 104 valence electrons. The van der Waals surface area contributed by atoms with Crippen molar-refractivity contribution in [3.8, 4) is 0 Å². The summed E-state index contributed by atoms with van der Waals surface area (Å²) in [6.07, 6.45) is 1.43. The Balaban J connectivity index is 1.90. The van der Waals surface area contributed by atoms with Crippen molar-refractivity contribution >= 4 is 21.8 Å². The zero-order valence-corrected chi connectivity index (χ0v) is 13.2. The average Bonchev–Trinajstić information content (AvgIpc) is 2.40. The number of carbonyl (C=O) groups is 1. The summed E-state index contributed by atoms with van der Waals surface area (Å²) in [5.41, 5.74) is 2.46. The first kappa shape index (κ1) is 14.5. The van der Waals surface area contributed by atoms with Crippen molar-refractivity contribution in [3.05, 3.63) is 33.8 Å². The van der Waals surface area contributed by atoms with Crippen LogP contribution >= 0.6 is 15.9 Å². The SMILES string of the molecule is Cc1cc(CCC(=O)N2CCNC[C@H]2C)ccc1Br. The van der Waals surface area contributed by atoms with E-state index >= 15 is 0 Å². The molecule has 0 spiro atoms. The number of aryl methyl sites for hydroxylation is 2. The highest BCUT2D eigenvalue weighted by molar-refractivity contribution is 9.10. The second-order valence-electron chi connectivity index (χ2n) is 5.22. The Hall–Kier alpha value is -0.870. The van der Waals surface area contributed by atoms with Crippen molar-refractivity contribution in [1.29, 1.82) is 0 Å². The lowest BCUT2D eigenvalue weighted by atomic mass is 10.1. The fraction of sp³-hybridized carbons (Fsp3) is 0.533. The molecule has 0 bridgehead atoms. The van der Waals surface area contributed by atoms with Crippen molar-refractivity contribution in [1.82, 2.24) is 10.2 Å². The molecule has 0 aliphatic carbocycles. The third-order valence-electron chi connectivity index (χ3n) is 3.67. The summed E-state index contributed by atoms with van der Waals surface area (Å²) in [4.78, 5) is 14.2. The Bertz CT molecular complexity index is 461. The van der Waals surface area contributed by atoms with Gasteiger partial charge in [0.2, 0.25) is 5.91 Å². The van der Waals surface area contributed by atoms with E-state index in [-0.39, 0.29) is 5.91 Å².